The van der Waals surface area contributed by atoms with Gasteiger partial charge in [-0.15, -0.1) is 0 Å². The molecule has 0 aromatic heterocycles. The zero-order valence-electron chi connectivity index (χ0n) is 11.6. The molecule has 0 saturated carbocycles. The van der Waals surface area contributed by atoms with E-state index in [2.05, 4.69) is 6.58 Å². The number of hydrogen-bond acceptors (Lipinski definition) is 2. The average molecular weight is 254 g/mol. The summed E-state index contributed by atoms with van der Waals surface area (Å²) in [6.45, 7) is 9.33. The lowest BCUT2D eigenvalue weighted by Gasteiger charge is -2.18. The molecule has 0 aliphatic heterocycles. The number of fused-ring (bicyclic) bond motifs is 1. The molecule has 0 heterocycles. The van der Waals surface area contributed by atoms with Crippen LogP contribution in [0.3, 0.4) is 0 Å². The summed E-state index contributed by atoms with van der Waals surface area (Å²) < 4.78 is 0. The molecule has 19 heavy (non-hydrogen) atoms. The van der Waals surface area contributed by atoms with E-state index in [-0.39, 0.29) is 11.6 Å². The molecule has 0 bridgehead atoms. The first-order valence-corrected chi connectivity index (χ1v) is 6.38. The van der Waals surface area contributed by atoms with Crippen molar-refractivity contribution in [1.82, 2.24) is 0 Å². The highest BCUT2D eigenvalue weighted by atomic mass is 16.1. The van der Waals surface area contributed by atoms with Gasteiger partial charge in [0.2, 0.25) is 0 Å². The van der Waals surface area contributed by atoms with Crippen molar-refractivity contribution < 1.29 is 9.59 Å². The zero-order chi connectivity index (χ0) is 14.4. The highest BCUT2D eigenvalue weighted by Crippen LogP contribution is 2.29. The molecular formula is C17H18O2. The Hall–Kier alpha value is -2.22. The number of ketones is 2. The maximum absolute atomic E-state index is 12.2. The monoisotopic (exact) mass is 254 g/mol. The lowest BCUT2D eigenvalue weighted by molar-refractivity contribution is 0.0972. The van der Waals surface area contributed by atoms with E-state index in [0.717, 1.165) is 0 Å². The number of hydrogen-bond donors (Lipinski definition) is 0. The van der Waals surface area contributed by atoms with Crippen molar-refractivity contribution in [2.45, 2.75) is 20.8 Å². The summed E-state index contributed by atoms with van der Waals surface area (Å²) >= 11 is 0. The van der Waals surface area contributed by atoms with Gasteiger partial charge in [-0.1, -0.05) is 62.9 Å². The Labute approximate surface area is 114 Å². The fraction of sp³-hybridized carbons (Fsp3) is 0.176. The third kappa shape index (κ3) is 2.63. The summed E-state index contributed by atoms with van der Waals surface area (Å²) in [5.74, 6) is -0.219. The van der Waals surface area contributed by atoms with Crippen LogP contribution in [0.5, 0.6) is 0 Å². The van der Waals surface area contributed by atoms with Gasteiger partial charge in [0.05, 0.1) is 0 Å². The Bertz CT molecular complexity index is 575. The van der Waals surface area contributed by atoms with Crippen LogP contribution in [0.15, 0.2) is 60.2 Å². The molecule has 2 nitrogen and oxygen atoms in total. The molecule has 0 unspecified atom stereocenters. The highest BCUT2D eigenvalue weighted by molar-refractivity contribution is 6.31. The number of benzene rings is 1. The van der Waals surface area contributed by atoms with Gasteiger partial charge in [0.1, 0.15) is 0 Å². The molecule has 0 fully saturated rings. The highest BCUT2D eigenvalue weighted by Gasteiger charge is 2.30. The van der Waals surface area contributed by atoms with Gasteiger partial charge >= 0.3 is 0 Å². The minimum atomic E-state index is -0.117. The smallest absolute Gasteiger partial charge is 0.194 e. The standard InChI is InChI=1S/C15H12O2.C2H6/c1-3-7-11-10(4-2)14(16)12-8-5-6-9-13(12)15(11)17;1-2/h3-9H,1H2,2H3;1-2H3/b10-4+,11-7+;. The number of rotatable bonds is 1. The summed E-state index contributed by atoms with van der Waals surface area (Å²) in [5.41, 5.74) is 1.82. The molecular weight excluding hydrogens is 236 g/mol. The second-order valence-corrected chi connectivity index (χ2v) is 3.72. The third-order valence-electron chi connectivity index (χ3n) is 2.77. The number of allylic oxidation sites excluding steroid dienone is 5. The van der Waals surface area contributed by atoms with Crippen LogP contribution in [0.25, 0.3) is 0 Å². The van der Waals surface area contributed by atoms with E-state index in [1.54, 1.807) is 43.3 Å². The second-order valence-electron chi connectivity index (χ2n) is 3.72. The van der Waals surface area contributed by atoms with E-state index >= 15 is 0 Å². The molecule has 0 amide bonds. The Morgan fingerprint density at radius 3 is 1.84 bits per heavy atom. The predicted molar refractivity (Wildman–Crippen MR) is 78.5 cm³/mol. The SMILES string of the molecule is C=C/C=C1/C(=O)c2ccccc2C(=O)/C1=C/C.CC. The van der Waals surface area contributed by atoms with E-state index in [0.29, 0.717) is 22.3 Å². The Morgan fingerprint density at radius 2 is 1.42 bits per heavy atom. The predicted octanol–water partition coefficient (Wildman–Crippen LogP) is 4.15. The Balaban J connectivity index is 0.000000861. The summed E-state index contributed by atoms with van der Waals surface area (Å²) in [6, 6.07) is 6.89. The van der Waals surface area contributed by atoms with Gasteiger partial charge < -0.3 is 0 Å². The van der Waals surface area contributed by atoms with E-state index in [9.17, 15) is 9.59 Å². The van der Waals surface area contributed by atoms with E-state index in [4.69, 9.17) is 0 Å². The molecule has 1 aliphatic carbocycles. The lowest BCUT2D eigenvalue weighted by Crippen LogP contribution is -2.22. The zero-order valence-corrected chi connectivity index (χ0v) is 11.6. The van der Waals surface area contributed by atoms with E-state index < -0.39 is 0 Å². The normalized spacial score (nSPS) is 17.8. The van der Waals surface area contributed by atoms with Gasteiger partial charge in [-0.3, -0.25) is 9.59 Å². The number of Topliss-reactive ketones (excluding diaryl/α,β-unsaturated/α-hetero) is 2. The molecule has 2 rings (SSSR count). The average Bonchev–Trinajstić information content (AvgIpc) is 2.47. The first-order valence-electron chi connectivity index (χ1n) is 6.38. The first kappa shape index (κ1) is 14.8. The van der Waals surface area contributed by atoms with Gasteiger partial charge in [-0.2, -0.15) is 0 Å². The van der Waals surface area contributed by atoms with Crippen LogP contribution in [-0.4, -0.2) is 11.6 Å². The Kier molecular flexibility index (Phi) is 5.19. The minimum Gasteiger partial charge on any atom is -0.289 e. The van der Waals surface area contributed by atoms with Crippen LogP contribution >= 0.6 is 0 Å². The maximum atomic E-state index is 12.2. The van der Waals surface area contributed by atoms with Crippen LogP contribution in [0.4, 0.5) is 0 Å². The van der Waals surface area contributed by atoms with Crippen LogP contribution in [0, 0.1) is 0 Å². The van der Waals surface area contributed by atoms with E-state index in [1.165, 1.54) is 6.08 Å². The van der Waals surface area contributed by atoms with Crippen molar-refractivity contribution in [2.24, 2.45) is 0 Å². The fourth-order valence-corrected chi connectivity index (χ4v) is 1.98. The lowest BCUT2D eigenvalue weighted by atomic mass is 9.82. The summed E-state index contributed by atoms with van der Waals surface area (Å²) in [7, 11) is 0. The van der Waals surface area contributed by atoms with Crippen LogP contribution < -0.4 is 0 Å². The molecule has 1 aromatic carbocycles. The fourth-order valence-electron chi connectivity index (χ4n) is 1.98. The van der Waals surface area contributed by atoms with Crippen molar-refractivity contribution in [3.8, 4) is 0 Å². The molecule has 1 aliphatic rings. The third-order valence-corrected chi connectivity index (χ3v) is 2.77. The largest absolute Gasteiger partial charge is 0.289 e. The van der Waals surface area contributed by atoms with Crippen LogP contribution in [0.2, 0.25) is 0 Å². The number of carbonyl (C=O) groups excluding carboxylic acids is 2. The summed E-state index contributed by atoms with van der Waals surface area (Å²) in [4.78, 5) is 24.4. The topological polar surface area (TPSA) is 34.1 Å². The van der Waals surface area contributed by atoms with Crippen LogP contribution in [0.1, 0.15) is 41.5 Å². The molecule has 0 saturated heterocycles. The van der Waals surface area contributed by atoms with Crippen molar-refractivity contribution in [3.05, 3.63) is 71.3 Å². The van der Waals surface area contributed by atoms with Crippen molar-refractivity contribution in [2.75, 3.05) is 0 Å². The van der Waals surface area contributed by atoms with Crippen LogP contribution in [-0.2, 0) is 0 Å². The quantitative estimate of drug-likeness (QED) is 0.705. The molecule has 0 radical (unpaired) electrons. The van der Waals surface area contributed by atoms with Crippen molar-refractivity contribution in [3.63, 3.8) is 0 Å². The van der Waals surface area contributed by atoms with Crippen molar-refractivity contribution >= 4 is 11.6 Å². The molecule has 0 N–H and O–H groups in total. The molecule has 1 aromatic rings. The molecule has 0 atom stereocenters. The van der Waals surface area contributed by atoms with Crippen molar-refractivity contribution in [1.29, 1.82) is 0 Å². The molecule has 98 valence electrons. The first-order chi connectivity index (χ1) is 9.20. The molecule has 2 heteroatoms. The number of carbonyl (C=O) groups is 2. The van der Waals surface area contributed by atoms with Gasteiger partial charge in [0.25, 0.3) is 0 Å². The minimum absolute atomic E-state index is 0.101. The summed E-state index contributed by atoms with van der Waals surface area (Å²) in [6.07, 6.45) is 4.79. The summed E-state index contributed by atoms with van der Waals surface area (Å²) in [5, 5.41) is 0. The van der Waals surface area contributed by atoms with E-state index in [1.807, 2.05) is 13.8 Å². The second kappa shape index (κ2) is 6.64. The van der Waals surface area contributed by atoms with Gasteiger partial charge in [0, 0.05) is 22.3 Å². The molecule has 0 spiro atoms. The van der Waals surface area contributed by atoms with Gasteiger partial charge in [-0.25, -0.2) is 0 Å². The van der Waals surface area contributed by atoms with Gasteiger partial charge in [-0.05, 0) is 6.92 Å². The Morgan fingerprint density at radius 1 is 0.947 bits per heavy atom. The van der Waals surface area contributed by atoms with Gasteiger partial charge in [0.15, 0.2) is 11.6 Å². The maximum Gasteiger partial charge on any atom is 0.194 e.